The molecule has 2 atom stereocenters. The summed E-state index contributed by atoms with van der Waals surface area (Å²) >= 11 is 0. The molecular formula is C8H8Ca2Na2O9. The zero-order valence-electron chi connectivity index (χ0n) is 9.66. The van der Waals surface area contributed by atoms with Crippen molar-refractivity contribution in [1.29, 1.82) is 0 Å². The van der Waals surface area contributed by atoms with Gasteiger partial charge >= 0.3 is 135 Å². The fourth-order valence-electron chi connectivity index (χ4n) is 0.875. The number of aliphatic carboxylic acids is 4. The van der Waals surface area contributed by atoms with Crippen molar-refractivity contribution in [1.82, 2.24) is 0 Å². The second kappa shape index (κ2) is 18.7. The van der Waals surface area contributed by atoms with Gasteiger partial charge in [0.15, 0.2) is 0 Å². The first-order valence-electron chi connectivity index (χ1n) is 4.21. The van der Waals surface area contributed by atoms with Crippen molar-refractivity contribution >= 4 is 158 Å². The van der Waals surface area contributed by atoms with Gasteiger partial charge in [-0.2, -0.15) is 0 Å². The first kappa shape index (κ1) is 34.6. The molecule has 9 nitrogen and oxygen atoms in total. The van der Waals surface area contributed by atoms with Crippen molar-refractivity contribution in [2.75, 3.05) is 0 Å². The average molecular weight is 374 g/mol. The van der Waals surface area contributed by atoms with Gasteiger partial charge in [-0.3, -0.25) is 0 Å². The summed E-state index contributed by atoms with van der Waals surface area (Å²) in [6, 6.07) is 0. The number of rotatable bonds is 8. The maximum absolute atomic E-state index is 10.4. The van der Waals surface area contributed by atoms with E-state index in [2.05, 4.69) is 4.74 Å². The van der Waals surface area contributed by atoms with Crippen molar-refractivity contribution in [2.45, 2.75) is 25.0 Å². The van der Waals surface area contributed by atoms with Crippen molar-refractivity contribution < 1.29 is 44.3 Å². The number of ether oxygens (including phenoxy) is 1. The van der Waals surface area contributed by atoms with E-state index in [1.807, 2.05) is 0 Å². The zero-order chi connectivity index (χ0) is 13.6. The monoisotopic (exact) mass is 374 g/mol. The summed E-state index contributed by atoms with van der Waals surface area (Å²) in [5.41, 5.74) is 0. The van der Waals surface area contributed by atoms with Gasteiger partial charge in [0, 0.05) is 24.8 Å². The Hall–Kier alpha value is 2.36. The average Bonchev–Trinajstić information content (AvgIpc) is 2.13. The molecule has 0 bridgehead atoms. The molecule has 2 unspecified atom stereocenters. The van der Waals surface area contributed by atoms with Crippen molar-refractivity contribution in [2.24, 2.45) is 0 Å². The van der Waals surface area contributed by atoms with Gasteiger partial charge in [0.25, 0.3) is 0 Å². The molecule has 13 heteroatoms. The first-order chi connectivity index (χ1) is 7.73. The van der Waals surface area contributed by atoms with Crippen molar-refractivity contribution in [3.63, 3.8) is 0 Å². The van der Waals surface area contributed by atoms with Gasteiger partial charge < -0.3 is 44.3 Å². The fraction of sp³-hybridized carbons (Fsp3) is 0.500. The summed E-state index contributed by atoms with van der Waals surface area (Å²) in [5.74, 6) is -7.69. The van der Waals surface area contributed by atoms with Crippen LogP contribution in [0.3, 0.4) is 0 Å². The normalized spacial score (nSPS) is 11.0. The third-order valence-electron chi connectivity index (χ3n) is 1.56. The fourth-order valence-corrected chi connectivity index (χ4v) is 0.875. The van der Waals surface area contributed by atoms with Crippen molar-refractivity contribution in [3.8, 4) is 0 Å². The Bertz CT molecular complexity index is 321. The van der Waals surface area contributed by atoms with Gasteiger partial charge in [0.05, 0.1) is 11.9 Å². The first-order valence-corrected chi connectivity index (χ1v) is 4.21. The Morgan fingerprint density at radius 2 is 0.952 bits per heavy atom. The molecule has 0 aliphatic heterocycles. The van der Waals surface area contributed by atoms with Gasteiger partial charge in [-0.25, -0.2) is 0 Å². The number of carbonyl (C=O) groups is 4. The minimum atomic E-state index is -2.15. The molecule has 0 radical (unpaired) electrons. The van der Waals surface area contributed by atoms with Crippen LogP contribution in [0.15, 0.2) is 0 Å². The summed E-state index contributed by atoms with van der Waals surface area (Å²) < 4.78 is 4.23. The maximum atomic E-state index is 10.4. The van der Waals surface area contributed by atoms with Crippen LogP contribution in [0.5, 0.6) is 0 Å². The molecule has 0 aliphatic carbocycles. The van der Waals surface area contributed by atoms with Gasteiger partial charge in [0.2, 0.25) is 0 Å². The van der Waals surface area contributed by atoms with Crippen LogP contribution < -0.4 is 20.4 Å². The molecule has 0 aromatic carbocycles. The summed E-state index contributed by atoms with van der Waals surface area (Å²) in [6.45, 7) is 0. The molecule has 100 valence electrons. The summed E-state index contributed by atoms with van der Waals surface area (Å²) in [5, 5.41) is 41.0. The second-order valence-corrected chi connectivity index (χ2v) is 2.90. The molecule has 0 fully saturated rings. The van der Waals surface area contributed by atoms with Gasteiger partial charge in [-0.15, -0.1) is 0 Å². The molecule has 0 spiro atoms. The predicted octanol–water partition coefficient (Wildman–Crippen LogP) is -8.54. The van der Waals surface area contributed by atoms with E-state index in [1.165, 1.54) is 0 Å². The topological polar surface area (TPSA) is 170 Å². The van der Waals surface area contributed by atoms with E-state index in [0.717, 1.165) is 0 Å². The Labute approximate surface area is 223 Å². The Morgan fingerprint density at radius 3 is 1.10 bits per heavy atom. The van der Waals surface area contributed by atoms with E-state index >= 15 is 0 Å². The molecule has 0 heterocycles. The molecular weight excluding hydrogens is 366 g/mol. The Kier molecular flexibility index (Phi) is 30.8. The van der Waals surface area contributed by atoms with Crippen LogP contribution in [-0.4, -0.2) is 171 Å². The third-order valence-corrected chi connectivity index (χ3v) is 1.56. The third kappa shape index (κ3) is 18.5. The molecule has 21 heavy (non-hydrogen) atoms. The molecule has 0 saturated carbocycles. The number of hydrogen-bond donors (Lipinski definition) is 0. The molecule has 0 saturated heterocycles. The minimum absolute atomic E-state index is 0. The van der Waals surface area contributed by atoms with E-state index in [0.29, 0.717) is 0 Å². The molecule has 0 aromatic heterocycles. The number of carboxylic acid groups (broad SMARTS) is 4. The van der Waals surface area contributed by atoms with Crippen LogP contribution in [0, 0.1) is 0 Å². The van der Waals surface area contributed by atoms with E-state index in [1.54, 1.807) is 0 Å². The summed E-state index contributed by atoms with van der Waals surface area (Å²) in [4.78, 5) is 41.0. The van der Waals surface area contributed by atoms with E-state index in [9.17, 15) is 39.6 Å². The zero-order valence-corrected chi connectivity index (χ0v) is 14.1. The van der Waals surface area contributed by atoms with Crippen LogP contribution in [0.25, 0.3) is 0 Å². The quantitative estimate of drug-likeness (QED) is 0.374. The molecule has 0 rings (SSSR count). The van der Waals surface area contributed by atoms with Crippen molar-refractivity contribution in [3.05, 3.63) is 0 Å². The summed E-state index contributed by atoms with van der Waals surface area (Å²) in [6.07, 6.45) is -6.66. The van der Waals surface area contributed by atoms with Gasteiger partial charge in [-0.05, 0) is 0 Å². The van der Waals surface area contributed by atoms with Gasteiger partial charge in [0.1, 0.15) is 12.2 Å². The number of hydrogen-bond acceptors (Lipinski definition) is 9. The SMILES string of the molecule is O=C([O-])CC(OC(CC(=O)[O-])C(=O)[O-])C(=O)[O-].[Ca+2].[Ca+2].[NaH].[NaH]. The molecule has 0 N–H and O–H groups in total. The van der Waals surface area contributed by atoms with Crippen LogP contribution in [0.2, 0.25) is 0 Å². The van der Waals surface area contributed by atoms with Crippen LogP contribution in [-0.2, 0) is 23.9 Å². The number of carbonyl (C=O) groups excluding carboxylic acids is 4. The van der Waals surface area contributed by atoms with Gasteiger partial charge in [-0.1, -0.05) is 0 Å². The Balaban J connectivity index is -0.000000213. The standard InChI is InChI=1S/C8H10O9.2Ca.2Na.2H/c9-5(10)1-3(7(13)14)17-4(8(15)16)2-6(11)12;;;;;;/h3-4H,1-2H2,(H,9,10)(H,11,12)(H,13,14)(H,15,16);;;;;;/q;2*+2;;;;/p-4. The molecule has 0 amide bonds. The predicted molar refractivity (Wildman–Crippen MR) is 63.7 cm³/mol. The molecule has 0 aliphatic rings. The van der Waals surface area contributed by atoms with E-state index in [4.69, 9.17) is 0 Å². The van der Waals surface area contributed by atoms with Crippen LogP contribution >= 0.6 is 0 Å². The van der Waals surface area contributed by atoms with Crippen LogP contribution in [0.1, 0.15) is 12.8 Å². The summed E-state index contributed by atoms with van der Waals surface area (Å²) in [7, 11) is 0. The number of carboxylic acids is 4. The van der Waals surface area contributed by atoms with E-state index < -0.39 is 48.9 Å². The second-order valence-electron chi connectivity index (χ2n) is 2.90. The van der Waals surface area contributed by atoms with Crippen LogP contribution in [0.4, 0.5) is 0 Å². The molecule has 0 aromatic rings. The van der Waals surface area contributed by atoms with E-state index in [-0.39, 0.29) is 135 Å². The Morgan fingerprint density at radius 1 is 0.714 bits per heavy atom.